The van der Waals surface area contributed by atoms with Gasteiger partial charge < -0.3 is 5.32 Å². The second-order valence-corrected chi connectivity index (χ2v) is 5.79. The highest BCUT2D eigenvalue weighted by atomic mass is 79.9. The first kappa shape index (κ1) is 14.3. The molecule has 2 aromatic carbocycles. The average Bonchev–Trinajstić information content (AvgIpc) is 2.39. The molecule has 0 radical (unpaired) electrons. The van der Waals surface area contributed by atoms with Gasteiger partial charge in [0.25, 0.3) is 0 Å². The molecule has 0 aromatic heterocycles. The van der Waals surface area contributed by atoms with Crippen LogP contribution in [0.2, 0.25) is 0 Å². The molecular formula is C17H20BrN. The number of halogens is 1. The molecule has 0 spiro atoms. The minimum atomic E-state index is 0.238. The second kappa shape index (κ2) is 6.36. The first-order valence-electron chi connectivity index (χ1n) is 6.67. The Balaban J connectivity index is 2.37. The Kier molecular flexibility index (Phi) is 4.78. The fourth-order valence-corrected chi connectivity index (χ4v) is 3.03. The largest absolute Gasteiger partial charge is 0.309 e. The summed E-state index contributed by atoms with van der Waals surface area (Å²) >= 11 is 3.58. The second-order valence-electron chi connectivity index (χ2n) is 4.88. The lowest BCUT2D eigenvalue weighted by molar-refractivity contribution is 0.690. The predicted molar refractivity (Wildman–Crippen MR) is 85.6 cm³/mol. The van der Waals surface area contributed by atoms with Crippen molar-refractivity contribution >= 4 is 15.9 Å². The van der Waals surface area contributed by atoms with Crippen LogP contribution < -0.4 is 5.32 Å². The van der Waals surface area contributed by atoms with Crippen molar-refractivity contribution in [2.75, 3.05) is 7.05 Å². The highest BCUT2D eigenvalue weighted by molar-refractivity contribution is 9.10. The van der Waals surface area contributed by atoms with E-state index >= 15 is 0 Å². The van der Waals surface area contributed by atoms with Gasteiger partial charge in [0.05, 0.1) is 6.04 Å². The normalized spacial score (nSPS) is 12.4. The number of rotatable bonds is 4. The molecule has 2 aromatic rings. The van der Waals surface area contributed by atoms with E-state index < -0.39 is 0 Å². The molecule has 0 fully saturated rings. The molecule has 100 valence electrons. The Labute approximate surface area is 124 Å². The maximum absolute atomic E-state index is 3.58. The molecule has 2 heteroatoms. The van der Waals surface area contributed by atoms with Crippen LogP contribution in [0.15, 0.2) is 46.9 Å². The van der Waals surface area contributed by atoms with Gasteiger partial charge in [0, 0.05) is 4.47 Å². The summed E-state index contributed by atoms with van der Waals surface area (Å²) in [5, 5.41) is 3.41. The zero-order chi connectivity index (χ0) is 13.8. The molecule has 0 aliphatic heterocycles. The molecule has 19 heavy (non-hydrogen) atoms. The molecule has 0 aliphatic carbocycles. The Morgan fingerprint density at radius 1 is 1.05 bits per heavy atom. The molecule has 1 N–H and O–H groups in total. The first-order valence-corrected chi connectivity index (χ1v) is 7.46. The predicted octanol–water partition coefficient (Wildman–Crippen LogP) is 4.63. The van der Waals surface area contributed by atoms with Gasteiger partial charge in [-0.2, -0.15) is 0 Å². The lowest BCUT2D eigenvalue weighted by atomic mass is 9.96. The molecular weight excluding hydrogens is 298 g/mol. The molecule has 0 amide bonds. The van der Waals surface area contributed by atoms with E-state index in [1.54, 1.807) is 0 Å². The molecule has 2 rings (SSSR count). The van der Waals surface area contributed by atoms with E-state index in [1.807, 2.05) is 7.05 Å². The van der Waals surface area contributed by atoms with Gasteiger partial charge in [0.15, 0.2) is 0 Å². The van der Waals surface area contributed by atoms with Crippen LogP contribution >= 0.6 is 15.9 Å². The standard InChI is InChI=1S/C17H20BrN/c1-4-13-5-7-14(8-6-13)17(19-3)15-9-12(2)10-16(18)11-15/h5-11,17,19H,4H2,1-3H3. The summed E-state index contributed by atoms with van der Waals surface area (Å²) in [4.78, 5) is 0. The van der Waals surface area contributed by atoms with Crippen molar-refractivity contribution in [3.05, 3.63) is 69.2 Å². The molecule has 1 nitrogen and oxygen atoms in total. The molecule has 0 saturated carbocycles. The average molecular weight is 318 g/mol. The maximum atomic E-state index is 3.58. The van der Waals surface area contributed by atoms with Crippen LogP contribution in [-0.4, -0.2) is 7.05 Å². The Hall–Kier alpha value is -1.12. The van der Waals surface area contributed by atoms with Crippen LogP contribution in [0.4, 0.5) is 0 Å². The number of hydrogen-bond donors (Lipinski definition) is 1. The van der Waals surface area contributed by atoms with E-state index in [4.69, 9.17) is 0 Å². The Morgan fingerprint density at radius 3 is 2.26 bits per heavy atom. The van der Waals surface area contributed by atoms with Crippen molar-refractivity contribution in [2.24, 2.45) is 0 Å². The minimum Gasteiger partial charge on any atom is -0.309 e. The van der Waals surface area contributed by atoms with Gasteiger partial charge >= 0.3 is 0 Å². The van der Waals surface area contributed by atoms with E-state index in [2.05, 4.69) is 77.6 Å². The lowest BCUT2D eigenvalue weighted by Gasteiger charge is -2.18. The first-order chi connectivity index (χ1) is 9.13. The quantitative estimate of drug-likeness (QED) is 0.867. The van der Waals surface area contributed by atoms with Crippen LogP contribution in [0.3, 0.4) is 0 Å². The highest BCUT2D eigenvalue weighted by Crippen LogP contribution is 2.26. The van der Waals surface area contributed by atoms with Gasteiger partial charge in [-0.1, -0.05) is 53.2 Å². The summed E-state index contributed by atoms with van der Waals surface area (Å²) in [5.41, 5.74) is 5.25. The Morgan fingerprint density at radius 2 is 1.74 bits per heavy atom. The lowest BCUT2D eigenvalue weighted by Crippen LogP contribution is -2.17. The van der Waals surface area contributed by atoms with Gasteiger partial charge in [-0.15, -0.1) is 0 Å². The summed E-state index contributed by atoms with van der Waals surface area (Å²) in [5.74, 6) is 0. The maximum Gasteiger partial charge on any atom is 0.0574 e. The number of benzene rings is 2. The number of nitrogens with one attached hydrogen (secondary N) is 1. The zero-order valence-electron chi connectivity index (χ0n) is 11.7. The van der Waals surface area contributed by atoms with Crippen molar-refractivity contribution in [3.63, 3.8) is 0 Å². The van der Waals surface area contributed by atoms with E-state index in [-0.39, 0.29) is 6.04 Å². The van der Waals surface area contributed by atoms with Crippen LogP contribution in [0.25, 0.3) is 0 Å². The molecule has 0 heterocycles. The Bertz CT molecular complexity index is 525. The van der Waals surface area contributed by atoms with Crippen LogP contribution in [0.5, 0.6) is 0 Å². The topological polar surface area (TPSA) is 12.0 Å². The fourth-order valence-electron chi connectivity index (χ4n) is 2.40. The van der Waals surface area contributed by atoms with Crippen molar-refractivity contribution < 1.29 is 0 Å². The zero-order valence-corrected chi connectivity index (χ0v) is 13.3. The van der Waals surface area contributed by atoms with Gasteiger partial charge in [0.2, 0.25) is 0 Å². The number of aryl methyl sites for hydroxylation is 2. The highest BCUT2D eigenvalue weighted by Gasteiger charge is 2.12. The molecule has 1 atom stereocenters. The minimum absolute atomic E-state index is 0.238. The van der Waals surface area contributed by atoms with Gasteiger partial charge in [-0.3, -0.25) is 0 Å². The molecule has 0 aliphatic rings. The van der Waals surface area contributed by atoms with Gasteiger partial charge in [-0.25, -0.2) is 0 Å². The summed E-state index contributed by atoms with van der Waals surface area (Å²) in [6.45, 7) is 4.31. The summed E-state index contributed by atoms with van der Waals surface area (Å²) in [6, 6.07) is 15.7. The monoisotopic (exact) mass is 317 g/mol. The third kappa shape index (κ3) is 3.46. The van der Waals surface area contributed by atoms with E-state index in [1.165, 1.54) is 22.3 Å². The molecule has 0 bridgehead atoms. The van der Waals surface area contributed by atoms with Gasteiger partial charge in [-0.05, 0) is 54.8 Å². The third-order valence-electron chi connectivity index (χ3n) is 3.41. The summed E-state index contributed by atoms with van der Waals surface area (Å²) < 4.78 is 1.13. The van der Waals surface area contributed by atoms with Crippen molar-refractivity contribution in [1.29, 1.82) is 0 Å². The van der Waals surface area contributed by atoms with E-state index in [0.29, 0.717) is 0 Å². The number of hydrogen-bond acceptors (Lipinski definition) is 1. The smallest absolute Gasteiger partial charge is 0.0574 e. The fraction of sp³-hybridized carbons (Fsp3) is 0.294. The van der Waals surface area contributed by atoms with Gasteiger partial charge in [0.1, 0.15) is 0 Å². The van der Waals surface area contributed by atoms with Crippen molar-refractivity contribution in [3.8, 4) is 0 Å². The van der Waals surface area contributed by atoms with E-state index in [9.17, 15) is 0 Å². The summed E-state index contributed by atoms with van der Waals surface area (Å²) in [7, 11) is 2.01. The molecule has 1 unspecified atom stereocenters. The van der Waals surface area contributed by atoms with Crippen molar-refractivity contribution in [1.82, 2.24) is 5.32 Å². The molecule has 0 saturated heterocycles. The van der Waals surface area contributed by atoms with E-state index in [0.717, 1.165) is 10.9 Å². The summed E-state index contributed by atoms with van der Waals surface area (Å²) in [6.07, 6.45) is 1.08. The van der Waals surface area contributed by atoms with Crippen molar-refractivity contribution in [2.45, 2.75) is 26.3 Å². The third-order valence-corrected chi connectivity index (χ3v) is 3.87. The van der Waals surface area contributed by atoms with Crippen LogP contribution in [-0.2, 0) is 6.42 Å². The SMILES string of the molecule is CCc1ccc(C(NC)c2cc(C)cc(Br)c2)cc1. The van der Waals surface area contributed by atoms with Crippen LogP contribution in [0, 0.1) is 6.92 Å². The van der Waals surface area contributed by atoms with Crippen LogP contribution in [0.1, 0.15) is 35.2 Å².